The van der Waals surface area contributed by atoms with E-state index in [-0.39, 0.29) is 12.2 Å². The van der Waals surface area contributed by atoms with Gasteiger partial charge in [0.2, 0.25) is 0 Å². The second-order valence-corrected chi connectivity index (χ2v) is 12.1. The standard InChI is InChI=1S/C26H46O2.C2H6/c1-17(2)24(28)7-5-6-18-9-11-22-21-10-8-19-16-20(27)12-14-26(19,4)23(21)13-15-25(18,22)3;1-2/h17-24,27-28H,5-16H2,1-4H3;1-2H3/t18?,19-,20?,21?,22?,23?,24?,25?,26?;/m0./s1. The van der Waals surface area contributed by atoms with Gasteiger partial charge in [0.25, 0.3) is 0 Å². The number of aliphatic hydroxyl groups excluding tert-OH is 2. The lowest BCUT2D eigenvalue weighted by molar-refractivity contribution is -0.127. The Balaban J connectivity index is 0.00000124. The Hall–Kier alpha value is -0.0800. The summed E-state index contributed by atoms with van der Waals surface area (Å²) in [6, 6.07) is 0. The van der Waals surface area contributed by atoms with Crippen LogP contribution in [0.15, 0.2) is 0 Å². The molecule has 0 saturated heterocycles. The van der Waals surface area contributed by atoms with Gasteiger partial charge >= 0.3 is 0 Å². The van der Waals surface area contributed by atoms with Gasteiger partial charge in [0.05, 0.1) is 12.2 Å². The predicted molar refractivity (Wildman–Crippen MR) is 127 cm³/mol. The van der Waals surface area contributed by atoms with E-state index in [9.17, 15) is 10.2 Å². The van der Waals surface area contributed by atoms with Crippen molar-refractivity contribution >= 4 is 0 Å². The van der Waals surface area contributed by atoms with Crippen LogP contribution in [0.5, 0.6) is 0 Å². The molecule has 4 rings (SSSR count). The Morgan fingerprint density at radius 3 is 2.23 bits per heavy atom. The second-order valence-electron chi connectivity index (χ2n) is 12.1. The van der Waals surface area contributed by atoms with Gasteiger partial charge < -0.3 is 10.2 Å². The van der Waals surface area contributed by atoms with Gasteiger partial charge in [-0.2, -0.15) is 0 Å². The highest BCUT2D eigenvalue weighted by Gasteiger charge is 2.59. The summed E-state index contributed by atoms with van der Waals surface area (Å²) in [6.07, 6.45) is 15.3. The first-order valence-electron chi connectivity index (χ1n) is 13.6. The summed E-state index contributed by atoms with van der Waals surface area (Å²) < 4.78 is 0. The largest absolute Gasteiger partial charge is 0.393 e. The molecule has 4 aliphatic carbocycles. The summed E-state index contributed by atoms with van der Waals surface area (Å²) in [7, 11) is 0. The van der Waals surface area contributed by atoms with Crippen molar-refractivity contribution in [3.05, 3.63) is 0 Å². The minimum atomic E-state index is -0.113. The van der Waals surface area contributed by atoms with Crippen molar-refractivity contribution < 1.29 is 10.2 Å². The van der Waals surface area contributed by atoms with E-state index in [1.165, 1.54) is 57.8 Å². The molecule has 0 aromatic carbocycles. The first-order valence-corrected chi connectivity index (χ1v) is 13.6. The molecule has 0 amide bonds. The van der Waals surface area contributed by atoms with Gasteiger partial charge in [-0.15, -0.1) is 0 Å². The van der Waals surface area contributed by atoms with E-state index in [1.54, 1.807) is 0 Å². The van der Waals surface area contributed by atoms with E-state index in [0.717, 1.165) is 48.9 Å². The van der Waals surface area contributed by atoms with Crippen LogP contribution in [0.1, 0.15) is 119 Å². The molecule has 2 N–H and O–H groups in total. The van der Waals surface area contributed by atoms with Gasteiger partial charge in [0.15, 0.2) is 0 Å². The molecule has 4 fully saturated rings. The van der Waals surface area contributed by atoms with E-state index in [1.807, 2.05) is 13.8 Å². The van der Waals surface area contributed by atoms with Crippen LogP contribution in [0.2, 0.25) is 0 Å². The molecule has 0 spiro atoms. The van der Waals surface area contributed by atoms with Crippen LogP contribution >= 0.6 is 0 Å². The third-order valence-electron chi connectivity index (χ3n) is 10.7. The summed E-state index contributed by atoms with van der Waals surface area (Å²) in [5.74, 6) is 4.86. The third-order valence-corrected chi connectivity index (χ3v) is 10.7. The molecule has 0 aliphatic heterocycles. The van der Waals surface area contributed by atoms with Crippen LogP contribution in [0.3, 0.4) is 0 Å². The first-order chi connectivity index (χ1) is 14.3. The fraction of sp³-hybridized carbons (Fsp3) is 1.00. The first kappa shape index (κ1) is 24.6. The maximum Gasteiger partial charge on any atom is 0.0563 e. The summed E-state index contributed by atoms with van der Waals surface area (Å²) >= 11 is 0. The summed E-state index contributed by atoms with van der Waals surface area (Å²) in [4.78, 5) is 0. The van der Waals surface area contributed by atoms with Crippen LogP contribution in [-0.2, 0) is 0 Å². The molecule has 2 nitrogen and oxygen atoms in total. The topological polar surface area (TPSA) is 40.5 Å². The second kappa shape index (κ2) is 9.82. The molecular weight excluding hydrogens is 368 g/mol. The van der Waals surface area contributed by atoms with Crippen molar-refractivity contribution in [2.45, 2.75) is 131 Å². The number of hydrogen-bond acceptors (Lipinski definition) is 2. The van der Waals surface area contributed by atoms with Gasteiger partial charge in [0, 0.05) is 0 Å². The van der Waals surface area contributed by atoms with Crippen LogP contribution < -0.4 is 0 Å². The Kier molecular flexibility index (Phi) is 8.04. The number of rotatable bonds is 5. The zero-order valence-corrected chi connectivity index (χ0v) is 21.0. The van der Waals surface area contributed by atoms with Crippen LogP contribution in [0.25, 0.3) is 0 Å². The van der Waals surface area contributed by atoms with Crippen molar-refractivity contribution in [3.8, 4) is 0 Å². The van der Waals surface area contributed by atoms with Gasteiger partial charge in [-0.3, -0.25) is 0 Å². The number of aliphatic hydroxyl groups is 2. The summed E-state index contributed by atoms with van der Waals surface area (Å²) in [5.41, 5.74) is 1.06. The van der Waals surface area contributed by atoms with Gasteiger partial charge in [-0.05, 0) is 117 Å². The monoisotopic (exact) mass is 420 g/mol. The maximum atomic E-state index is 10.2. The van der Waals surface area contributed by atoms with E-state index < -0.39 is 0 Å². The Bertz CT molecular complexity index is 545. The van der Waals surface area contributed by atoms with E-state index in [2.05, 4.69) is 27.7 Å². The normalized spacial score (nSPS) is 46.3. The van der Waals surface area contributed by atoms with Crippen LogP contribution in [0, 0.1) is 46.3 Å². The lowest BCUT2D eigenvalue weighted by atomic mass is 9.44. The van der Waals surface area contributed by atoms with Gasteiger partial charge in [-0.1, -0.05) is 48.0 Å². The average molecular weight is 421 g/mol. The summed E-state index contributed by atoms with van der Waals surface area (Å²) in [6.45, 7) is 13.5. The molecule has 4 aliphatic rings. The molecule has 0 bridgehead atoms. The van der Waals surface area contributed by atoms with Gasteiger partial charge in [0.1, 0.15) is 0 Å². The Labute approximate surface area is 187 Å². The highest BCUT2D eigenvalue weighted by molar-refractivity contribution is 5.09. The number of hydrogen-bond donors (Lipinski definition) is 2. The van der Waals surface area contributed by atoms with Gasteiger partial charge in [-0.25, -0.2) is 0 Å². The van der Waals surface area contributed by atoms with Crippen molar-refractivity contribution in [2.75, 3.05) is 0 Å². The fourth-order valence-electron chi connectivity index (χ4n) is 8.73. The molecule has 8 unspecified atom stereocenters. The highest BCUT2D eigenvalue weighted by atomic mass is 16.3. The lowest BCUT2D eigenvalue weighted by Crippen LogP contribution is -2.53. The van der Waals surface area contributed by atoms with E-state index in [0.29, 0.717) is 16.7 Å². The zero-order valence-electron chi connectivity index (χ0n) is 21.0. The van der Waals surface area contributed by atoms with Crippen molar-refractivity contribution in [2.24, 2.45) is 46.3 Å². The molecule has 0 aromatic rings. The molecular formula is C28H52O2. The van der Waals surface area contributed by atoms with Crippen LogP contribution in [-0.4, -0.2) is 22.4 Å². The molecule has 9 atom stereocenters. The zero-order chi connectivity index (χ0) is 22.1. The summed E-state index contributed by atoms with van der Waals surface area (Å²) in [5, 5.41) is 20.4. The van der Waals surface area contributed by atoms with Crippen LogP contribution in [0.4, 0.5) is 0 Å². The van der Waals surface area contributed by atoms with Crippen molar-refractivity contribution in [1.82, 2.24) is 0 Å². The SMILES string of the molecule is CC.CC(C)C(O)CCCC1CCC2C3CC[C@H]4CC(O)CCC4(C)C3CCC12C. The quantitative estimate of drug-likeness (QED) is 0.493. The van der Waals surface area contributed by atoms with Crippen molar-refractivity contribution in [3.63, 3.8) is 0 Å². The number of fused-ring (bicyclic) bond motifs is 5. The molecule has 2 heteroatoms. The lowest BCUT2D eigenvalue weighted by Gasteiger charge is -2.61. The molecule has 4 saturated carbocycles. The molecule has 30 heavy (non-hydrogen) atoms. The van der Waals surface area contributed by atoms with E-state index >= 15 is 0 Å². The highest BCUT2D eigenvalue weighted by Crippen LogP contribution is 2.67. The molecule has 0 heterocycles. The average Bonchev–Trinajstić information content (AvgIpc) is 3.06. The van der Waals surface area contributed by atoms with E-state index in [4.69, 9.17) is 0 Å². The van der Waals surface area contributed by atoms with Crippen molar-refractivity contribution in [1.29, 1.82) is 0 Å². The smallest absolute Gasteiger partial charge is 0.0563 e. The maximum absolute atomic E-state index is 10.2. The minimum Gasteiger partial charge on any atom is -0.393 e. The Morgan fingerprint density at radius 2 is 1.53 bits per heavy atom. The fourth-order valence-corrected chi connectivity index (χ4v) is 8.73. The third kappa shape index (κ3) is 4.39. The minimum absolute atomic E-state index is 0.0273. The predicted octanol–water partition coefficient (Wildman–Crippen LogP) is 7.22. The molecule has 0 radical (unpaired) electrons. The Morgan fingerprint density at radius 1 is 0.867 bits per heavy atom. The molecule has 0 aromatic heterocycles. The molecule has 176 valence electrons.